The van der Waals surface area contributed by atoms with Gasteiger partial charge in [0.2, 0.25) is 0 Å². The standard InChI is InChI=1S/C19H17F3N2O3/c1-11-2-3-12(8-14(11)21)18(26)23-4-6-24(7-5-23)19(27)17-15(22)9-13(20)10-16(17)25/h2-3,8-10,25H,4-7H2,1H3. The first-order valence-corrected chi connectivity index (χ1v) is 8.30. The van der Waals surface area contributed by atoms with Crippen molar-refractivity contribution in [2.75, 3.05) is 26.2 Å². The van der Waals surface area contributed by atoms with Crippen LogP contribution in [0, 0.1) is 24.4 Å². The monoisotopic (exact) mass is 378 g/mol. The van der Waals surface area contributed by atoms with Gasteiger partial charge < -0.3 is 14.9 Å². The molecule has 1 N–H and O–H groups in total. The van der Waals surface area contributed by atoms with Crippen molar-refractivity contribution in [1.29, 1.82) is 0 Å². The van der Waals surface area contributed by atoms with Crippen LogP contribution < -0.4 is 0 Å². The molecule has 1 fully saturated rings. The predicted molar refractivity (Wildman–Crippen MR) is 91.0 cm³/mol. The molecule has 0 aliphatic carbocycles. The van der Waals surface area contributed by atoms with E-state index in [0.29, 0.717) is 17.7 Å². The normalized spacial score (nSPS) is 14.4. The molecule has 0 radical (unpaired) electrons. The van der Waals surface area contributed by atoms with Crippen molar-refractivity contribution < 1.29 is 27.9 Å². The van der Waals surface area contributed by atoms with Crippen molar-refractivity contribution in [3.63, 3.8) is 0 Å². The Bertz CT molecular complexity index is 886. The van der Waals surface area contributed by atoms with E-state index in [4.69, 9.17) is 0 Å². The quantitative estimate of drug-likeness (QED) is 0.874. The molecule has 1 saturated heterocycles. The molecule has 0 unspecified atom stereocenters. The van der Waals surface area contributed by atoms with E-state index < -0.39 is 34.7 Å². The molecule has 3 rings (SSSR count). The molecular formula is C19H17F3N2O3. The number of carbonyl (C=O) groups excluding carboxylic acids is 2. The number of amides is 2. The molecule has 0 bridgehead atoms. The summed E-state index contributed by atoms with van der Waals surface area (Å²) in [5.41, 5.74) is 0.0416. The Kier molecular flexibility index (Phi) is 5.07. The van der Waals surface area contributed by atoms with Gasteiger partial charge in [0.15, 0.2) is 0 Å². The van der Waals surface area contributed by atoms with Gasteiger partial charge in [-0.15, -0.1) is 0 Å². The van der Waals surface area contributed by atoms with Crippen molar-refractivity contribution in [3.05, 3.63) is 64.5 Å². The topological polar surface area (TPSA) is 60.9 Å². The van der Waals surface area contributed by atoms with Crippen LogP contribution in [0.2, 0.25) is 0 Å². The number of aromatic hydroxyl groups is 1. The first kappa shape index (κ1) is 18.8. The van der Waals surface area contributed by atoms with E-state index in [9.17, 15) is 27.9 Å². The molecule has 1 heterocycles. The van der Waals surface area contributed by atoms with E-state index in [-0.39, 0.29) is 37.6 Å². The molecule has 27 heavy (non-hydrogen) atoms. The summed E-state index contributed by atoms with van der Waals surface area (Å²) < 4.78 is 40.6. The fourth-order valence-electron chi connectivity index (χ4n) is 2.95. The molecule has 2 aromatic carbocycles. The third-order valence-electron chi connectivity index (χ3n) is 4.52. The van der Waals surface area contributed by atoms with E-state index in [1.54, 1.807) is 6.92 Å². The second-order valence-electron chi connectivity index (χ2n) is 6.33. The van der Waals surface area contributed by atoms with Gasteiger partial charge in [-0.3, -0.25) is 9.59 Å². The van der Waals surface area contributed by atoms with E-state index in [1.165, 1.54) is 28.0 Å². The van der Waals surface area contributed by atoms with Crippen molar-refractivity contribution in [1.82, 2.24) is 9.80 Å². The highest BCUT2D eigenvalue weighted by atomic mass is 19.1. The van der Waals surface area contributed by atoms with E-state index >= 15 is 0 Å². The number of benzene rings is 2. The number of aryl methyl sites for hydroxylation is 1. The SMILES string of the molecule is Cc1ccc(C(=O)N2CCN(C(=O)c3c(O)cc(F)cc3F)CC2)cc1F. The van der Waals surface area contributed by atoms with E-state index in [1.807, 2.05) is 0 Å². The first-order valence-electron chi connectivity index (χ1n) is 8.30. The highest BCUT2D eigenvalue weighted by Crippen LogP contribution is 2.24. The number of halogens is 3. The zero-order valence-corrected chi connectivity index (χ0v) is 14.5. The lowest BCUT2D eigenvalue weighted by Crippen LogP contribution is -2.50. The zero-order chi connectivity index (χ0) is 19.7. The summed E-state index contributed by atoms with van der Waals surface area (Å²) in [6, 6.07) is 5.41. The molecule has 0 aromatic heterocycles. The van der Waals surface area contributed by atoms with Gasteiger partial charge >= 0.3 is 0 Å². The smallest absolute Gasteiger partial charge is 0.260 e. The highest BCUT2D eigenvalue weighted by molar-refractivity contribution is 5.98. The van der Waals surface area contributed by atoms with Crippen LogP contribution in [-0.2, 0) is 0 Å². The number of rotatable bonds is 2. The largest absolute Gasteiger partial charge is 0.507 e. The molecule has 0 atom stereocenters. The third-order valence-corrected chi connectivity index (χ3v) is 4.52. The lowest BCUT2D eigenvalue weighted by Gasteiger charge is -2.35. The maximum atomic E-state index is 13.9. The summed E-state index contributed by atoms with van der Waals surface area (Å²) in [5, 5.41) is 9.68. The Balaban J connectivity index is 1.69. The highest BCUT2D eigenvalue weighted by Gasteiger charge is 2.29. The van der Waals surface area contributed by atoms with Gasteiger partial charge in [0.25, 0.3) is 11.8 Å². The molecule has 1 aliphatic heterocycles. The van der Waals surface area contributed by atoms with Gasteiger partial charge in [-0.25, -0.2) is 13.2 Å². The maximum Gasteiger partial charge on any atom is 0.260 e. The van der Waals surface area contributed by atoms with Gasteiger partial charge in [0.05, 0.1) is 0 Å². The fraction of sp³-hybridized carbons (Fsp3) is 0.263. The molecule has 142 valence electrons. The summed E-state index contributed by atoms with van der Waals surface area (Å²) in [6.07, 6.45) is 0. The average molecular weight is 378 g/mol. The van der Waals surface area contributed by atoms with Crippen LogP contribution in [0.4, 0.5) is 13.2 Å². The number of phenols is 1. The molecule has 0 spiro atoms. The minimum atomic E-state index is -1.15. The summed E-state index contributed by atoms with van der Waals surface area (Å²) in [4.78, 5) is 27.6. The summed E-state index contributed by atoms with van der Waals surface area (Å²) in [7, 11) is 0. The Hall–Kier alpha value is -3.03. The number of carbonyl (C=O) groups is 2. The van der Waals surface area contributed by atoms with Crippen molar-refractivity contribution in [3.8, 4) is 5.75 Å². The Labute approximate surface area is 153 Å². The molecular weight excluding hydrogens is 361 g/mol. The molecule has 2 amide bonds. The first-order chi connectivity index (χ1) is 12.8. The lowest BCUT2D eigenvalue weighted by molar-refractivity contribution is 0.0530. The number of piperazine rings is 1. The third kappa shape index (κ3) is 3.74. The van der Waals surface area contributed by atoms with Gasteiger partial charge in [0.1, 0.15) is 28.8 Å². The van der Waals surface area contributed by atoms with Crippen LogP contribution in [0.5, 0.6) is 5.75 Å². The maximum absolute atomic E-state index is 13.9. The number of phenolic OH excluding ortho intramolecular Hbond substituents is 1. The molecule has 2 aromatic rings. The summed E-state index contributed by atoms with van der Waals surface area (Å²) in [6.45, 7) is 2.15. The number of nitrogens with zero attached hydrogens (tertiary/aromatic N) is 2. The van der Waals surface area contributed by atoms with Crippen molar-refractivity contribution in [2.45, 2.75) is 6.92 Å². The van der Waals surface area contributed by atoms with E-state index in [0.717, 1.165) is 0 Å². The summed E-state index contributed by atoms with van der Waals surface area (Å²) >= 11 is 0. The van der Waals surface area contributed by atoms with Crippen molar-refractivity contribution >= 4 is 11.8 Å². The van der Waals surface area contributed by atoms with Crippen molar-refractivity contribution in [2.24, 2.45) is 0 Å². The lowest BCUT2D eigenvalue weighted by atomic mass is 10.1. The molecule has 0 saturated carbocycles. The number of hydrogen-bond acceptors (Lipinski definition) is 3. The van der Waals surface area contributed by atoms with Crippen LogP contribution >= 0.6 is 0 Å². The van der Waals surface area contributed by atoms with Crippen LogP contribution in [0.25, 0.3) is 0 Å². The second kappa shape index (κ2) is 7.30. The van der Waals surface area contributed by atoms with Crippen LogP contribution in [0.3, 0.4) is 0 Å². The Morgan fingerprint density at radius 1 is 0.889 bits per heavy atom. The second-order valence-corrected chi connectivity index (χ2v) is 6.33. The van der Waals surface area contributed by atoms with Gasteiger partial charge in [-0.05, 0) is 24.6 Å². The molecule has 5 nitrogen and oxygen atoms in total. The summed E-state index contributed by atoms with van der Waals surface area (Å²) in [5.74, 6) is -4.52. The van der Waals surface area contributed by atoms with Crippen LogP contribution in [0.15, 0.2) is 30.3 Å². The number of hydrogen-bond donors (Lipinski definition) is 1. The average Bonchev–Trinajstić information content (AvgIpc) is 2.62. The van der Waals surface area contributed by atoms with Crippen LogP contribution in [0.1, 0.15) is 26.3 Å². The van der Waals surface area contributed by atoms with Gasteiger partial charge in [-0.2, -0.15) is 0 Å². The molecule has 8 heteroatoms. The van der Waals surface area contributed by atoms with Gasteiger partial charge in [-0.1, -0.05) is 6.07 Å². The predicted octanol–water partition coefficient (Wildman–Crippen LogP) is 2.72. The fourth-order valence-corrected chi connectivity index (χ4v) is 2.95. The Morgan fingerprint density at radius 3 is 2.04 bits per heavy atom. The molecule has 1 aliphatic rings. The van der Waals surface area contributed by atoms with Gasteiger partial charge in [0, 0.05) is 43.9 Å². The Morgan fingerprint density at radius 2 is 1.48 bits per heavy atom. The minimum Gasteiger partial charge on any atom is -0.507 e. The van der Waals surface area contributed by atoms with Crippen LogP contribution in [-0.4, -0.2) is 52.9 Å². The zero-order valence-electron chi connectivity index (χ0n) is 14.5. The minimum absolute atomic E-state index is 0.106. The van der Waals surface area contributed by atoms with E-state index in [2.05, 4.69) is 0 Å².